The number of nitrogens with zero attached hydrogens (tertiary/aromatic N) is 3. The summed E-state index contributed by atoms with van der Waals surface area (Å²) in [4.78, 5) is 0. The highest BCUT2D eigenvalue weighted by Gasteiger charge is 2.21. The zero-order valence-corrected chi connectivity index (χ0v) is 11.2. The number of ether oxygens (including phenoxy) is 1. The summed E-state index contributed by atoms with van der Waals surface area (Å²) >= 11 is 6.08. The molecule has 0 aliphatic heterocycles. The molecule has 0 saturated carbocycles. The molecule has 0 fully saturated rings. The fourth-order valence-corrected chi connectivity index (χ4v) is 1.94. The first-order valence-corrected chi connectivity index (χ1v) is 6.16. The number of aryl methyl sites for hydroxylation is 1. The third kappa shape index (κ3) is 2.95. The van der Waals surface area contributed by atoms with Crippen LogP contribution in [0.1, 0.15) is 39.6 Å². The van der Waals surface area contributed by atoms with Gasteiger partial charge in [-0.05, 0) is 24.4 Å². The monoisotopic (exact) mass is 245 g/mol. The minimum atomic E-state index is 0.206. The second kappa shape index (κ2) is 6.21. The van der Waals surface area contributed by atoms with Gasteiger partial charge in [0.1, 0.15) is 5.82 Å². The topological polar surface area (TPSA) is 39.9 Å². The van der Waals surface area contributed by atoms with E-state index in [4.69, 9.17) is 16.3 Å². The molecule has 0 saturated heterocycles. The zero-order valence-electron chi connectivity index (χ0n) is 10.4. The number of halogens is 1. The lowest BCUT2D eigenvalue weighted by atomic mass is 10.1. The maximum Gasteiger partial charge on any atom is 0.225 e. The molecule has 0 radical (unpaired) electrons. The standard InChI is InChI=1S/C11H20ClN3O/c1-5-10-13-14-11(12)15(10)9(8(3)4)7-16-6-2/h8-9H,5-7H2,1-4H3. The van der Waals surface area contributed by atoms with Crippen LogP contribution in [-0.4, -0.2) is 28.0 Å². The minimum absolute atomic E-state index is 0.206. The van der Waals surface area contributed by atoms with Crippen molar-refractivity contribution in [2.24, 2.45) is 5.92 Å². The smallest absolute Gasteiger partial charge is 0.225 e. The lowest BCUT2D eigenvalue weighted by molar-refractivity contribution is 0.0953. The fourth-order valence-electron chi connectivity index (χ4n) is 1.67. The Hall–Kier alpha value is -0.610. The Bertz CT molecular complexity index is 325. The van der Waals surface area contributed by atoms with Crippen molar-refractivity contribution in [1.29, 1.82) is 0 Å². The molecule has 1 rings (SSSR count). The van der Waals surface area contributed by atoms with Crippen LogP contribution in [0, 0.1) is 5.92 Å². The van der Waals surface area contributed by atoms with E-state index in [1.165, 1.54) is 0 Å². The summed E-state index contributed by atoms with van der Waals surface area (Å²) in [6.45, 7) is 9.71. The second-order valence-corrected chi connectivity index (χ2v) is 4.42. The molecule has 0 aliphatic carbocycles. The van der Waals surface area contributed by atoms with Gasteiger partial charge in [-0.25, -0.2) is 0 Å². The van der Waals surface area contributed by atoms with Crippen LogP contribution in [0.2, 0.25) is 5.28 Å². The van der Waals surface area contributed by atoms with E-state index in [-0.39, 0.29) is 6.04 Å². The van der Waals surface area contributed by atoms with Crippen molar-refractivity contribution < 1.29 is 4.74 Å². The second-order valence-electron chi connectivity index (χ2n) is 4.08. The van der Waals surface area contributed by atoms with E-state index in [2.05, 4.69) is 31.0 Å². The van der Waals surface area contributed by atoms with Crippen molar-refractivity contribution in [1.82, 2.24) is 14.8 Å². The van der Waals surface area contributed by atoms with Gasteiger partial charge in [0, 0.05) is 13.0 Å². The van der Waals surface area contributed by atoms with Crippen molar-refractivity contribution in [2.75, 3.05) is 13.2 Å². The normalized spacial score (nSPS) is 13.4. The molecular formula is C11H20ClN3O. The number of hydrogen-bond acceptors (Lipinski definition) is 3. The molecule has 1 heterocycles. The van der Waals surface area contributed by atoms with E-state index in [0.29, 0.717) is 24.4 Å². The maximum atomic E-state index is 6.08. The van der Waals surface area contributed by atoms with Crippen LogP contribution in [0.25, 0.3) is 0 Å². The van der Waals surface area contributed by atoms with Gasteiger partial charge in [-0.1, -0.05) is 20.8 Å². The average Bonchev–Trinajstić information content (AvgIpc) is 2.61. The number of rotatable bonds is 6. The van der Waals surface area contributed by atoms with Gasteiger partial charge in [0.25, 0.3) is 0 Å². The van der Waals surface area contributed by atoms with E-state index >= 15 is 0 Å². The molecule has 5 heteroatoms. The summed E-state index contributed by atoms with van der Waals surface area (Å²) < 4.78 is 7.49. The van der Waals surface area contributed by atoms with E-state index < -0.39 is 0 Å². The summed E-state index contributed by atoms with van der Waals surface area (Å²) in [7, 11) is 0. The van der Waals surface area contributed by atoms with Crippen LogP contribution in [0.3, 0.4) is 0 Å². The van der Waals surface area contributed by atoms with Crippen LogP contribution in [0.5, 0.6) is 0 Å². The highest BCUT2D eigenvalue weighted by Crippen LogP contribution is 2.24. The minimum Gasteiger partial charge on any atom is -0.380 e. The van der Waals surface area contributed by atoms with Gasteiger partial charge < -0.3 is 4.74 Å². The van der Waals surface area contributed by atoms with Crippen molar-refractivity contribution in [3.63, 3.8) is 0 Å². The first kappa shape index (κ1) is 13.5. The van der Waals surface area contributed by atoms with Crippen LogP contribution in [-0.2, 0) is 11.2 Å². The summed E-state index contributed by atoms with van der Waals surface area (Å²) in [5.74, 6) is 1.36. The summed E-state index contributed by atoms with van der Waals surface area (Å²) in [5.41, 5.74) is 0. The molecular weight excluding hydrogens is 226 g/mol. The lowest BCUT2D eigenvalue weighted by Gasteiger charge is -2.23. The number of hydrogen-bond donors (Lipinski definition) is 0. The molecule has 1 atom stereocenters. The molecule has 0 spiro atoms. The lowest BCUT2D eigenvalue weighted by Crippen LogP contribution is -2.23. The first-order valence-electron chi connectivity index (χ1n) is 5.78. The maximum absolute atomic E-state index is 6.08. The third-order valence-electron chi connectivity index (χ3n) is 2.63. The first-order chi connectivity index (χ1) is 7.61. The Labute approximate surface area is 102 Å². The van der Waals surface area contributed by atoms with Crippen molar-refractivity contribution in [2.45, 2.75) is 40.2 Å². The molecule has 1 unspecified atom stereocenters. The third-order valence-corrected chi connectivity index (χ3v) is 2.89. The molecule has 0 amide bonds. The van der Waals surface area contributed by atoms with Crippen molar-refractivity contribution in [3.8, 4) is 0 Å². The van der Waals surface area contributed by atoms with Gasteiger partial charge in [-0.2, -0.15) is 0 Å². The van der Waals surface area contributed by atoms with Crippen LogP contribution < -0.4 is 0 Å². The van der Waals surface area contributed by atoms with E-state index in [1.54, 1.807) is 0 Å². The zero-order chi connectivity index (χ0) is 12.1. The molecule has 1 aromatic heterocycles. The highest BCUT2D eigenvalue weighted by atomic mass is 35.5. The molecule has 1 aromatic rings. The number of aromatic nitrogens is 3. The predicted octanol–water partition coefficient (Wildman–Crippen LogP) is 2.73. The Morgan fingerprint density at radius 2 is 2.00 bits per heavy atom. The Morgan fingerprint density at radius 1 is 1.31 bits per heavy atom. The van der Waals surface area contributed by atoms with E-state index in [9.17, 15) is 0 Å². The quantitative estimate of drug-likeness (QED) is 0.774. The molecule has 0 aliphatic rings. The molecule has 92 valence electrons. The van der Waals surface area contributed by atoms with Gasteiger partial charge in [0.15, 0.2) is 0 Å². The van der Waals surface area contributed by atoms with Gasteiger partial charge in [-0.15, -0.1) is 10.2 Å². The van der Waals surface area contributed by atoms with E-state index in [1.807, 2.05) is 11.5 Å². The molecule has 0 bridgehead atoms. The van der Waals surface area contributed by atoms with Crippen LogP contribution in [0.4, 0.5) is 0 Å². The van der Waals surface area contributed by atoms with E-state index in [0.717, 1.165) is 12.2 Å². The van der Waals surface area contributed by atoms with Gasteiger partial charge in [-0.3, -0.25) is 4.57 Å². The Morgan fingerprint density at radius 3 is 2.50 bits per heavy atom. The summed E-state index contributed by atoms with van der Waals surface area (Å²) in [6, 6.07) is 0.206. The molecule has 4 nitrogen and oxygen atoms in total. The Balaban J connectivity index is 2.95. The predicted molar refractivity (Wildman–Crippen MR) is 64.8 cm³/mol. The Kier molecular flexibility index (Phi) is 5.22. The SMILES string of the molecule is CCOCC(C(C)C)n1c(Cl)nnc1CC. The van der Waals surface area contributed by atoms with Crippen molar-refractivity contribution in [3.05, 3.63) is 11.1 Å². The average molecular weight is 246 g/mol. The molecule has 0 aromatic carbocycles. The fraction of sp³-hybridized carbons (Fsp3) is 0.818. The van der Waals surface area contributed by atoms with Crippen LogP contribution in [0.15, 0.2) is 0 Å². The molecule has 16 heavy (non-hydrogen) atoms. The summed E-state index contributed by atoms with van der Waals surface area (Å²) in [5, 5.41) is 8.45. The summed E-state index contributed by atoms with van der Waals surface area (Å²) in [6.07, 6.45) is 0.828. The van der Waals surface area contributed by atoms with Gasteiger partial charge in [0.05, 0.1) is 12.6 Å². The van der Waals surface area contributed by atoms with Gasteiger partial charge >= 0.3 is 0 Å². The van der Waals surface area contributed by atoms with Gasteiger partial charge in [0.2, 0.25) is 5.28 Å². The highest BCUT2D eigenvalue weighted by molar-refractivity contribution is 6.28. The largest absolute Gasteiger partial charge is 0.380 e. The molecule has 0 N–H and O–H groups in total. The van der Waals surface area contributed by atoms with Crippen molar-refractivity contribution >= 4 is 11.6 Å². The van der Waals surface area contributed by atoms with Crippen LogP contribution >= 0.6 is 11.6 Å².